The molecule has 0 fully saturated rings. The maximum absolute atomic E-state index is 14.4. The van der Waals surface area contributed by atoms with E-state index in [-0.39, 0.29) is 68.5 Å². The van der Waals surface area contributed by atoms with Crippen molar-refractivity contribution in [3.05, 3.63) is 107 Å². The molecule has 0 heterocycles. The third-order valence-corrected chi connectivity index (χ3v) is 8.90. The van der Waals surface area contributed by atoms with Crippen molar-refractivity contribution in [1.82, 2.24) is 15.7 Å². The topological polar surface area (TPSA) is 271 Å². The minimum atomic E-state index is -5.42. The van der Waals surface area contributed by atoms with E-state index in [4.69, 9.17) is 33.1 Å². The molecule has 0 radical (unpaired) electrons. The van der Waals surface area contributed by atoms with Crippen LogP contribution in [-0.4, -0.2) is 78.0 Å². The second kappa shape index (κ2) is 21.6. The maximum Gasteiger partial charge on any atom is 0.493 e. The maximum atomic E-state index is 14.4. The Kier molecular flexibility index (Phi) is 17.0. The molecule has 0 bridgehead atoms. The highest BCUT2D eigenvalue weighted by atomic mass is 19.4. The van der Waals surface area contributed by atoms with E-state index < -0.39 is 60.0 Å². The summed E-state index contributed by atoms with van der Waals surface area (Å²) in [7, 11) is 0. The van der Waals surface area contributed by atoms with Gasteiger partial charge in [0.25, 0.3) is 0 Å². The molecule has 0 saturated carbocycles. The summed E-state index contributed by atoms with van der Waals surface area (Å²) in [6, 6.07) is 21.2. The van der Waals surface area contributed by atoms with Crippen molar-refractivity contribution in [2.75, 3.05) is 13.1 Å². The zero-order valence-electron chi connectivity index (χ0n) is 31.8. The van der Waals surface area contributed by atoms with Gasteiger partial charge in [-0.2, -0.15) is 13.2 Å². The zero-order valence-corrected chi connectivity index (χ0v) is 31.8. The highest BCUT2D eigenvalue weighted by Crippen LogP contribution is 2.29. The van der Waals surface area contributed by atoms with Gasteiger partial charge < -0.3 is 43.1 Å². The summed E-state index contributed by atoms with van der Waals surface area (Å²) in [4.78, 5) is 73.3. The molecule has 0 aliphatic carbocycles. The molecule has 3 rings (SSSR count). The van der Waals surface area contributed by atoms with E-state index in [1.807, 2.05) is 0 Å². The van der Waals surface area contributed by atoms with Gasteiger partial charge in [-0.3, -0.25) is 24.8 Å². The number of hydroxylamine groups is 2. The number of alkyl halides is 3. The van der Waals surface area contributed by atoms with Gasteiger partial charge in [-0.05, 0) is 62.1 Å². The lowest BCUT2D eigenvalue weighted by atomic mass is 9.76. The van der Waals surface area contributed by atoms with Crippen LogP contribution in [0.3, 0.4) is 0 Å². The van der Waals surface area contributed by atoms with Crippen LogP contribution in [0, 0.1) is 5.41 Å². The number of rotatable bonds is 20. The number of hydrogen-bond donors (Lipinski definition) is 7. The monoisotopic (exact) mass is 811 g/mol. The van der Waals surface area contributed by atoms with Gasteiger partial charge >= 0.3 is 18.2 Å². The van der Waals surface area contributed by atoms with Crippen LogP contribution in [0.4, 0.5) is 18.0 Å². The fourth-order valence-corrected chi connectivity index (χ4v) is 5.70. The molecule has 0 aliphatic rings. The Morgan fingerprint density at radius 2 is 1.40 bits per heavy atom. The number of primary amides is 1. The number of carbonyl (C=O) groups is 5. The summed E-state index contributed by atoms with van der Waals surface area (Å²) in [5.74, 6) is -5.23. The van der Waals surface area contributed by atoms with Gasteiger partial charge in [-0.25, -0.2) is 9.59 Å². The number of benzene rings is 3. The first-order valence-electron chi connectivity index (χ1n) is 18.1. The van der Waals surface area contributed by atoms with E-state index in [0.29, 0.717) is 22.3 Å². The van der Waals surface area contributed by atoms with Gasteiger partial charge in [0.15, 0.2) is 5.96 Å². The van der Waals surface area contributed by atoms with Crippen molar-refractivity contribution in [3.63, 3.8) is 0 Å². The zero-order chi connectivity index (χ0) is 42.9. The fraction of sp³-hybridized carbons (Fsp3) is 0.359. The third-order valence-electron chi connectivity index (χ3n) is 8.90. The van der Waals surface area contributed by atoms with Crippen molar-refractivity contribution in [3.8, 4) is 0 Å². The second-order valence-corrected chi connectivity index (χ2v) is 13.4. The Bertz CT molecular complexity index is 1900. The van der Waals surface area contributed by atoms with Crippen LogP contribution in [0.25, 0.3) is 0 Å². The summed E-state index contributed by atoms with van der Waals surface area (Å²) in [5, 5.41) is 13.2. The molecule has 312 valence electrons. The molecule has 19 heteroatoms. The highest BCUT2D eigenvalue weighted by molar-refractivity contribution is 5.96. The smallest absolute Gasteiger partial charge is 0.442 e. The largest absolute Gasteiger partial charge is 0.493 e. The van der Waals surface area contributed by atoms with E-state index in [2.05, 4.69) is 20.5 Å². The minimum absolute atomic E-state index is 0.0231. The Morgan fingerprint density at radius 1 is 0.793 bits per heavy atom. The van der Waals surface area contributed by atoms with Gasteiger partial charge in [0.2, 0.25) is 17.7 Å². The highest BCUT2D eigenvalue weighted by Gasteiger charge is 2.44. The molecule has 58 heavy (non-hydrogen) atoms. The molecule has 0 aromatic heterocycles. The number of halogens is 3. The second-order valence-electron chi connectivity index (χ2n) is 13.4. The van der Waals surface area contributed by atoms with Crippen LogP contribution in [-0.2, 0) is 47.2 Å². The van der Waals surface area contributed by atoms with Crippen LogP contribution in [0.5, 0.6) is 0 Å². The fourth-order valence-electron chi connectivity index (χ4n) is 5.70. The number of guanidine groups is 1. The normalized spacial score (nSPS) is 13.1. The first-order valence-corrected chi connectivity index (χ1v) is 18.1. The number of unbranched alkanes of at least 4 members (excludes halogenated alkanes) is 1. The Morgan fingerprint density at radius 3 is 1.97 bits per heavy atom. The SMILES string of the molecule is C[C@@](Cc1ccc(C(=N)N)cc1)(C(=O)N[C@@H](CCCCN(OC(=O)C(F)(F)F)C(=O)OCc1ccccc1)C(=O)N[C@@H](CCCN=C(N)N)C(N)=O)c1ccccc1. The number of amidine groups is 1. The van der Waals surface area contributed by atoms with Crippen LogP contribution in [0.1, 0.15) is 61.3 Å². The molecule has 11 N–H and O–H groups in total. The average molecular weight is 812 g/mol. The summed E-state index contributed by atoms with van der Waals surface area (Å²) in [6.45, 7) is 0.899. The molecule has 3 aromatic carbocycles. The number of ether oxygens (including phenoxy) is 1. The summed E-state index contributed by atoms with van der Waals surface area (Å²) in [6.07, 6.45) is -6.68. The molecule has 0 aliphatic heterocycles. The van der Waals surface area contributed by atoms with Crippen molar-refractivity contribution >= 4 is 41.6 Å². The lowest BCUT2D eigenvalue weighted by Gasteiger charge is -2.32. The number of hydrogen-bond acceptors (Lipinski definition) is 9. The van der Waals surface area contributed by atoms with E-state index in [1.54, 1.807) is 91.9 Å². The van der Waals surface area contributed by atoms with Crippen LogP contribution >= 0.6 is 0 Å². The third kappa shape index (κ3) is 14.4. The first kappa shape index (κ1) is 45.7. The molecule has 4 amide bonds. The molecule has 3 aromatic rings. The molecule has 16 nitrogen and oxygen atoms in total. The average Bonchev–Trinajstić information content (AvgIpc) is 3.18. The van der Waals surface area contributed by atoms with Crippen LogP contribution in [0.15, 0.2) is 89.9 Å². The van der Waals surface area contributed by atoms with Crippen molar-refractivity contribution < 1.29 is 46.7 Å². The van der Waals surface area contributed by atoms with E-state index in [1.165, 1.54) is 0 Å². The summed E-state index contributed by atoms with van der Waals surface area (Å²) in [5.41, 5.74) is 22.9. The minimum Gasteiger partial charge on any atom is -0.442 e. The first-order chi connectivity index (χ1) is 27.4. The number of carbonyl (C=O) groups excluding carboxylic acids is 5. The lowest BCUT2D eigenvalue weighted by Crippen LogP contribution is -2.56. The van der Waals surface area contributed by atoms with E-state index in [9.17, 15) is 37.1 Å². The molecule has 3 atom stereocenters. The predicted octanol–water partition coefficient (Wildman–Crippen LogP) is 2.81. The number of nitrogens with zero attached hydrogens (tertiary/aromatic N) is 2. The predicted molar refractivity (Wildman–Crippen MR) is 207 cm³/mol. The number of amides is 4. The lowest BCUT2D eigenvalue weighted by molar-refractivity contribution is -0.231. The Hall–Kier alpha value is -6.66. The van der Waals surface area contributed by atoms with Crippen LogP contribution < -0.4 is 33.6 Å². The quantitative estimate of drug-likeness (QED) is 0.0379. The molecule has 0 saturated heterocycles. The molecule has 0 spiro atoms. The summed E-state index contributed by atoms with van der Waals surface area (Å²) < 4.78 is 44.5. The van der Waals surface area contributed by atoms with E-state index in [0.717, 1.165) is 0 Å². The Balaban J connectivity index is 1.87. The number of nitrogens with one attached hydrogen (secondary N) is 3. The van der Waals surface area contributed by atoms with Gasteiger partial charge in [-0.15, -0.1) is 5.06 Å². The van der Waals surface area contributed by atoms with Gasteiger partial charge in [0.05, 0.1) is 12.0 Å². The number of nitrogens with two attached hydrogens (primary N) is 4. The molecular formula is C39H48F3N9O7. The van der Waals surface area contributed by atoms with Crippen molar-refractivity contribution in [2.45, 2.75) is 75.7 Å². The molecular weight excluding hydrogens is 763 g/mol. The Labute approximate surface area is 332 Å². The standard InChI is InChI=1S/C39H48F3N9O7/c1-38(28-13-6-3-7-14-28,23-25-17-19-27(20-18-25)31(43)44)34(54)50-30(33(53)49-29(32(45)52)16-10-21-48-36(46)47)15-8-9-22-51(58-35(55)39(40,41)42)37(56)57-24-26-11-4-2-5-12-26/h2-7,11-14,17-20,29-30H,8-10,15-16,21-24H2,1H3,(H3,43,44)(H2,45,52)(H,49,53)(H,50,54)(H4,46,47,48)/t29-,30-,38-/m0/s1. The number of nitrogen functional groups attached to an aromatic ring is 1. The van der Waals surface area contributed by atoms with Crippen molar-refractivity contribution in [1.29, 1.82) is 5.41 Å². The van der Waals surface area contributed by atoms with Crippen molar-refractivity contribution in [2.24, 2.45) is 27.9 Å². The van der Waals surface area contributed by atoms with Crippen LogP contribution in [0.2, 0.25) is 0 Å². The van der Waals surface area contributed by atoms with Gasteiger partial charge in [-0.1, -0.05) is 84.9 Å². The molecule has 0 unspecified atom stereocenters. The number of aliphatic imine (C=N–C) groups is 1. The van der Waals surface area contributed by atoms with Gasteiger partial charge in [0.1, 0.15) is 24.5 Å². The summed E-state index contributed by atoms with van der Waals surface area (Å²) >= 11 is 0. The van der Waals surface area contributed by atoms with Gasteiger partial charge in [0, 0.05) is 12.1 Å². The van der Waals surface area contributed by atoms with E-state index >= 15 is 0 Å².